The van der Waals surface area contributed by atoms with E-state index in [1.165, 1.54) is 81.8 Å². The van der Waals surface area contributed by atoms with Gasteiger partial charge in [-0.2, -0.15) is 0 Å². The first-order chi connectivity index (χ1) is 18.9. The fourth-order valence-corrected chi connectivity index (χ4v) is 5.08. The molecule has 0 heterocycles. The smallest absolute Gasteiger partial charge is 0.314 e. The molecule has 0 aliphatic rings. The van der Waals surface area contributed by atoms with Crippen molar-refractivity contribution >= 4 is 5.97 Å². The van der Waals surface area contributed by atoms with E-state index in [0.717, 1.165) is 36.2 Å². The van der Waals surface area contributed by atoms with Gasteiger partial charge in [-0.05, 0) is 30.9 Å². The molecule has 0 radical (unpaired) electrons. The van der Waals surface area contributed by atoms with Crippen molar-refractivity contribution in [2.24, 2.45) is 0 Å². The molecular formula is C35H56NO3+. The number of rotatable bonds is 22. The predicted molar refractivity (Wildman–Crippen MR) is 164 cm³/mol. The third-order valence-electron chi connectivity index (χ3n) is 7.44. The lowest BCUT2D eigenvalue weighted by atomic mass is 10.0. The van der Waals surface area contributed by atoms with E-state index in [1.54, 1.807) is 0 Å². The Labute approximate surface area is 239 Å². The van der Waals surface area contributed by atoms with E-state index in [2.05, 4.69) is 64.3 Å². The Bertz CT molecular complexity index is 896. The molecule has 2 aromatic rings. The molecule has 2 rings (SSSR count). The molecule has 1 unspecified atom stereocenters. The molecule has 0 aliphatic carbocycles. The summed E-state index contributed by atoms with van der Waals surface area (Å²) in [7, 11) is 4.32. The van der Waals surface area contributed by atoms with Gasteiger partial charge in [0.25, 0.3) is 0 Å². The Hall–Kier alpha value is -2.33. The second kappa shape index (κ2) is 19.7. The molecule has 218 valence electrons. The summed E-state index contributed by atoms with van der Waals surface area (Å²) in [6.45, 7) is 5.98. The van der Waals surface area contributed by atoms with Gasteiger partial charge in [0, 0.05) is 12.0 Å². The van der Waals surface area contributed by atoms with Gasteiger partial charge in [-0.15, -0.1) is 0 Å². The standard InChI is InChI=1S/C35H56NO3/c1-5-7-8-9-10-11-12-13-14-15-19-25-32-26-20-21-27-33(32)38-35(22-6-2)39-34(37)28-29-36(3,4)30-31-23-17-16-18-24-31/h16-18,20-21,23-24,26-27,35H,5-15,19,22,25,28-30H2,1-4H3/q+1. The van der Waals surface area contributed by atoms with E-state index >= 15 is 0 Å². The van der Waals surface area contributed by atoms with E-state index < -0.39 is 6.29 Å². The van der Waals surface area contributed by atoms with Crippen molar-refractivity contribution in [2.75, 3.05) is 20.6 Å². The van der Waals surface area contributed by atoms with E-state index in [9.17, 15) is 4.79 Å². The summed E-state index contributed by atoms with van der Waals surface area (Å²) in [5.74, 6) is 0.673. The fourth-order valence-electron chi connectivity index (χ4n) is 5.08. The lowest BCUT2D eigenvalue weighted by molar-refractivity contribution is -0.903. The summed E-state index contributed by atoms with van der Waals surface area (Å²) >= 11 is 0. The van der Waals surface area contributed by atoms with E-state index in [4.69, 9.17) is 9.47 Å². The third-order valence-corrected chi connectivity index (χ3v) is 7.44. The highest BCUT2D eigenvalue weighted by Crippen LogP contribution is 2.24. The van der Waals surface area contributed by atoms with Crippen molar-refractivity contribution in [3.05, 3.63) is 65.7 Å². The number of esters is 1. The number of quaternary nitrogens is 1. The van der Waals surface area contributed by atoms with Crippen LogP contribution in [-0.4, -0.2) is 37.4 Å². The molecule has 0 aliphatic heterocycles. The van der Waals surface area contributed by atoms with Gasteiger partial charge in [-0.25, -0.2) is 0 Å². The molecule has 0 spiro atoms. The van der Waals surface area contributed by atoms with Gasteiger partial charge in [0.05, 0.1) is 27.1 Å². The minimum Gasteiger partial charge on any atom is -0.455 e. The summed E-state index contributed by atoms with van der Waals surface area (Å²) in [6.07, 6.45) is 17.2. The number of para-hydroxylation sites is 1. The lowest BCUT2D eigenvalue weighted by Gasteiger charge is -2.30. The number of hydrogen-bond donors (Lipinski definition) is 0. The third kappa shape index (κ3) is 15.1. The van der Waals surface area contributed by atoms with Crippen molar-refractivity contribution < 1.29 is 18.8 Å². The number of unbranched alkanes of at least 4 members (excludes halogenated alkanes) is 10. The van der Waals surface area contributed by atoms with Gasteiger partial charge < -0.3 is 14.0 Å². The monoisotopic (exact) mass is 538 g/mol. The van der Waals surface area contributed by atoms with Gasteiger partial charge in [0.2, 0.25) is 6.29 Å². The Kier molecular flexibility index (Phi) is 16.6. The van der Waals surface area contributed by atoms with Gasteiger partial charge in [0.15, 0.2) is 0 Å². The second-order valence-corrected chi connectivity index (χ2v) is 11.8. The molecule has 4 nitrogen and oxygen atoms in total. The van der Waals surface area contributed by atoms with Crippen molar-refractivity contribution in [3.8, 4) is 5.75 Å². The molecule has 39 heavy (non-hydrogen) atoms. The zero-order chi connectivity index (χ0) is 28.2. The molecule has 0 amide bonds. The van der Waals surface area contributed by atoms with Crippen LogP contribution in [0.1, 0.15) is 115 Å². The molecule has 0 N–H and O–H groups in total. The van der Waals surface area contributed by atoms with Crippen LogP contribution in [0.25, 0.3) is 0 Å². The topological polar surface area (TPSA) is 35.5 Å². The molecule has 0 saturated carbocycles. The highest BCUT2D eigenvalue weighted by atomic mass is 16.7. The number of hydrogen-bond acceptors (Lipinski definition) is 3. The molecular weight excluding hydrogens is 482 g/mol. The summed E-state index contributed by atoms with van der Waals surface area (Å²) in [6, 6.07) is 18.7. The number of nitrogens with zero attached hydrogens (tertiary/aromatic N) is 1. The van der Waals surface area contributed by atoms with Crippen LogP contribution in [0, 0.1) is 0 Å². The molecule has 2 aromatic carbocycles. The van der Waals surface area contributed by atoms with Crippen molar-refractivity contribution in [1.29, 1.82) is 0 Å². The van der Waals surface area contributed by atoms with Crippen LogP contribution >= 0.6 is 0 Å². The summed E-state index contributed by atoms with van der Waals surface area (Å²) in [5.41, 5.74) is 2.49. The molecule has 0 aromatic heterocycles. The predicted octanol–water partition coefficient (Wildman–Crippen LogP) is 9.26. The first kappa shape index (κ1) is 32.9. The van der Waals surface area contributed by atoms with Gasteiger partial charge in [-0.1, -0.05) is 127 Å². The molecule has 0 fully saturated rings. The van der Waals surface area contributed by atoms with Crippen LogP contribution in [0.4, 0.5) is 0 Å². The average Bonchev–Trinajstić information content (AvgIpc) is 2.92. The van der Waals surface area contributed by atoms with Crippen LogP contribution < -0.4 is 4.74 Å². The second-order valence-electron chi connectivity index (χ2n) is 11.8. The Morgan fingerprint density at radius 2 is 1.33 bits per heavy atom. The van der Waals surface area contributed by atoms with Crippen LogP contribution in [0.5, 0.6) is 5.75 Å². The lowest BCUT2D eigenvalue weighted by Crippen LogP contribution is -2.41. The van der Waals surface area contributed by atoms with Crippen LogP contribution in [0.3, 0.4) is 0 Å². The Morgan fingerprint density at radius 3 is 1.97 bits per heavy atom. The van der Waals surface area contributed by atoms with Gasteiger partial charge in [0.1, 0.15) is 12.3 Å². The number of aryl methyl sites for hydroxylation is 1. The summed E-state index contributed by atoms with van der Waals surface area (Å²) in [4.78, 5) is 12.8. The number of benzene rings is 2. The summed E-state index contributed by atoms with van der Waals surface area (Å²) < 4.78 is 12.9. The zero-order valence-corrected chi connectivity index (χ0v) is 25.5. The quantitative estimate of drug-likeness (QED) is 0.0648. The Balaban J connectivity index is 1.73. The van der Waals surface area contributed by atoms with Crippen LogP contribution in [-0.2, 0) is 22.5 Å². The molecule has 0 saturated heterocycles. The maximum atomic E-state index is 12.8. The Morgan fingerprint density at radius 1 is 0.744 bits per heavy atom. The van der Waals surface area contributed by atoms with E-state index in [-0.39, 0.29) is 5.97 Å². The SMILES string of the molecule is CCCCCCCCCCCCCc1ccccc1OC(CCC)OC(=O)CC[N+](C)(C)Cc1ccccc1. The normalized spacial score (nSPS) is 12.3. The molecule has 4 heteroatoms. The highest BCUT2D eigenvalue weighted by Gasteiger charge is 2.22. The maximum Gasteiger partial charge on any atom is 0.314 e. The van der Waals surface area contributed by atoms with Gasteiger partial charge in [-0.3, -0.25) is 4.79 Å². The minimum absolute atomic E-state index is 0.185. The van der Waals surface area contributed by atoms with Crippen LogP contribution in [0.15, 0.2) is 54.6 Å². The van der Waals surface area contributed by atoms with Gasteiger partial charge >= 0.3 is 5.97 Å². The minimum atomic E-state index is -0.536. The fraction of sp³-hybridized carbons (Fsp3) is 0.629. The van der Waals surface area contributed by atoms with E-state index in [1.807, 2.05) is 18.2 Å². The number of ether oxygens (including phenoxy) is 2. The number of carbonyl (C=O) groups excluding carboxylic acids is 1. The summed E-state index contributed by atoms with van der Waals surface area (Å²) in [5, 5.41) is 0. The highest BCUT2D eigenvalue weighted by molar-refractivity contribution is 5.69. The maximum absolute atomic E-state index is 12.8. The first-order valence-corrected chi connectivity index (χ1v) is 15.7. The number of carbonyl (C=O) groups is 1. The van der Waals surface area contributed by atoms with E-state index in [0.29, 0.717) is 12.8 Å². The van der Waals surface area contributed by atoms with Crippen LogP contribution in [0.2, 0.25) is 0 Å². The molecule has 0 bridgehead atoms. The average molecular weight is 539 g/mol. The van der Waals surface area contributed by atoms with Crippen molar-refractivity contribution in [3.63, 3.8) is 0 Å². The molecule has 1 atom stereocenters. The van der Waals surface area contributed by atoms with Crippen molar-refractivity contribution in [2.45, 2.75) is 123 Å². The van der Waals surface area contributed by atoms with Crippen molar-refractivity contribution in [1.82, 2.24) is 0 Å². The zero-order valence-electron chi connectivity index (χ0n) is 25.5. The largest absolute Gasteiger partial charge is 0.455 e. The first-order valence-electron chi connectivity index (χ1n) is 15.7.